The first-order valence-corrected chi connectivity index (χ1v) is 15.5. The van der Waals surface area contributed by atoms with E-state index < -0.39 is 28.1 Å². The van der Waals surface area contributed by atoms with E-state index in [1.807, 2.05) is 56.3 Å². The number of fused-ring (bicyclic) bond motifs is 1. The molecule has 0 aliphatic carbocycles. The number of hydrogen-bond donors (Lipinski definition) is 4. The quantitative estimate of drug-likeness (QED) is 0.112. The highest BCUT2D eigenvalue weighted by Crippen LogP contribution is 2.23. The summed E-state index contributed by atoms with van der Waals surface area (Å²) in [5, 5.41) is 18.2. The number of benzene rings is 3. The average Bonchev–Trinajstić information content (AvgIpc) is 2.98. The lowest BCUT2D eigenvalue weighted by Gasteiger charge is -2.31. The molecule has 0 aliphatic heterocycles. The molecule has 5 N–H and O–H groups in total. The van der Waals surface area contributed by atoms with Crippen LogP contribution in [0.3, 0.4) is 0 Å². The van der Waals surface area contributed by atoms with E-state index in [9.17, 15) is 23.1 Å². The zero-order valence-corrected chi connectivity index (χ0v) is 25.3. The van der Waals surface area contributed by atoms with Crippen LogP contribution in [0.15, 0.2) is 71.6 Å². The summed E-state index contributed by atoms with van der Waals surface area (Å²) < 4.78 is 33.0. The van der Waals surface area contributed by atoms with Crippen molar-refractivity contribution < 1.29 is 27.9 Å². The molecule has 228 valence electrons. The van der Waals surface area contributed by atoms with E-state index in [1.165, 1.54) is 35.7 Å². The Bertz CT molecular complexity index is 1420. The van der Waals surface area contributed by atoms with Gasteiger partial charge in [0.25, 0.3) is 0 Å². The molecule has 10 nitrogen and oxygen atoms in total. The normalized spacial score (nSPS) is 13.3. The number of aliphatic hydroxyl groups excluding tert-OH is 1. The molecule has 3 aromatic carbocycles. The number of hydrogen-bond acceptors (Lipinski definition) is 8. The predicted molar refractivity (Wildman–Crippen MR) is 164 cm³/mol. The minimum absolute atomic E-state index is 0.0259. The molecule has 1 amide bonds. The van der Waals surface area contributed by atoms with Crippen LogP contribution in [0.1, 0.15) is 32.3 Å². The van der Waals surface area contributed by atoms with E-state index >= 15 is 0 Å². The molecule has 0 spiro atoms. The van der Waals surface area contributed by atoms with Crippen molar-refractivity contribution in [2.24, 2.45) is 5.92 Å². The van der Waals surface area contributed by atoms with Gasteiger partial charge in [-0.25, -0.2) is 8.42 Å². The number of sulfonamides is 1. The summed E-state index contributed by atoms with van der Waals surface area (Å²) in [6, 6.07) is 18.4. The molecule has 0 saturated heterocycles. The third-order valence-electron chi connectivity index (χ3n) is 7.00. The fraction of sp³-hybridized carbons (Fsp3) is 0.419. The predicted octanol–water partition coefficient (Wildman–Crippen LogP) is 2.70. The van der Waals surface area contributed by atoms with Crippen LogP contribution in [0.4, 0.5) is 5.69 Å². The van der Waals surface area contributed by atoms with Gasteiger partial charge in [0, 0.05) is 24.8 Å². The minimum Gasteiger partial charge on any atom is -0.468 e. The molecule has 42 heavy (non-hydrogen) atoms. The number of ether oxygens (including phenoxy) is 1. The first-order chi connectivity index (χ1) is 20.1. The molecule has 3 rings (SSSR count). The molecule has 0 fully saturated rings. The summed E-state index contributed by atoms with van der Waals surface area (Å²) in [7, 11) is -2.60. The van der Waals surface area contributed by atoms with Gasteiger partial charge in [0.1, 0.15) is 0 Å². The smallest absolute Gasteiger partial charge is 0.319 e. The fourth-order valence-corrected chi connectivity index (χ4v) is 6.61. The van der Waals surface area contributed by atoms with Crippen molar-refractivity contribution in [1.82, 2.24) is 14.9 Å². The first-order valence-electron chi connectivity index (χ1n) is 14.1. The van der Waals surface area contributed by atoms with Gasteiger partial charge in [0.05, 0.1) is 31.2 Å². The van der Waals surface area contributed by atoms with Crippen LogP contribution in [-0.4, -0.2) is 75.1 Å². The van der Waals surface area contributed by atoms with Gasteiger partial charge >= 0.3 is 5.97 Å². The van der Waals surface area contributed by atoms with Crippen molar-refractivity contribution in [3.8, 4) is 0 Å². The SMILES string of the molecule is COC(=O)CNC(Cc1cccc2ccccc12)C(=O)NCCCC(CO)N(CC(C)C)S(=O)(=O)c1ccc(N)cc1. The summed E-state index contributed by atoms with van der Waals surface area (Å²) in [5.41, 5.74) is 7.16. The van der Waals surface area contributed by atoms with Gasteiger partial charge in [-0.15, -0.1) is 0 Å². The minimum atomic E-state index is -3.89. The maximum absolute atomic E-state index is 13.5. The van der Waals surface area contributed by atoms with Crippen molar-refractivity contribution >= 4 is 38.4 Å². The molecule has 0 radical (unpaired) electrons. The number of nitrogens with zero attached hydrogens (tertiary/aromatic N) is 1. The van der Waals surface area contributed by atoms with Gasteiger partial charge in [-0.05, 0) is 65.8 Å². The van der Waals surface area contributed by atoms with Crippen molar-refractivity contribution in [3.05, 3.63) is 72.3 Å². The Kier molecular flexibility index (Phi) is 12.3. The Hall–Kier alpha value is -3.51. The Labute approximate surface area is 248 Å². The van der Waals surface area contributed by atoms with E-state index in [2.05, 4.69) is 10.6 Å². The standard InChI is InChI=1S/C31H42N4O6S/c1-22(2)20-35(42(39,40)27-15-13-25(32)14-16-27)26(21-36)11-7-17-33-31(38)29(34-19-30(37)41-3)18-24-10-6-9-23-8-4-5-12-28(23)24/h4-6,8-10,12-16,22,26,29,34,36H,7,11,17-21,32H2,1-3H3,(H,33,38). The summed E-state index contributed by atoms with van der Waals surface area (Å²) in [6.45, 7) is 3.83. The van der Waals surface area contributed by atoms with Gasteiger partial charge < -0.3 is 20.9 Å². The van der Waals surface area contributed by atoms with E-state index in [0.29, 0.717) is 24.9 Å². The molecule has 0 bridgehead atoms. The molecular weight excluding hydrogens is 556 g/mol. The summed E-state index contributed by atoms with van der Waals surface area (Å²) in [5.74, 6) is -0.747. The number of nitrogen functional groups attached to an aromatic ring is 1. The maximum Gasteiger partial charge on any atom is 0.319 e. The van der Waals surface area contributed by atoms with Gasteiger partial charge in [0.15, 0.2) is 0 Å². The number of amides is 1. The number of carbonyl (C=O) groups is 2. The second kappa shape index (κ2) is 15.6. The lowest BCUT2D eigenvalue weighted by Crippen LogP contribution is -2.48. The number of aliphatic hydroxyl groups is 1. The second-order valence-corrected chi connectivity index (χ2v) is 12.5. The zero-order chi connectivity index (χ0) is 30.7. The Balaban J connectivity index is 1.68. The Morgan fingerprint density at radius 3 is 2.38 bits per heavy atom. The van der Waals surface area contributed by atoms with Crippen LogP contribution in [0.25, 0.3) is 10.8 Å². The molecule has 2 atom stereocenters. The number of rotatable bonds is 16. The van der Waals surface area contributed by atoms with Crippen LogP contribution < -0.4 is 16.4 Å². The highest BCUT2D eigenvalue weighted by molar-refractivity contribution is 7.89. The highest BCUT2D eigenvalue weighted by atomic mass is 32.2. The second-order valence-electron chi connectivity index (χ2n) is 10.7. The average molecular weight is 599 g/mol. The van der Waals surface area contributed by atoms with E-state index in [0.717, 1.165) is 16.3 Å². The number of anilines is 1. The third-order valence-corrected chi connectivity index (χ3v) is 8.94. The van der Waals surface area contributed by atoms with E-state index in [1.54, 1.807) is 0 Å². The van der Waals surface area contributed by atoms with Crippen molar-refractivity contribution in [2.45, 2.75) is 50.1 Å². The Morgan fingerprint density at radius 1 is 1.02 bits per heavy atom. The number of carbonyl (C=O) groups excluding carboxylic acids is 2. The summed E-state index contributed by atoms with van der Waals surface area (Å²) in [6.07, 6.45) is 1.12. The molecule has 0 heterocycles. The highest BCUT2D eigenvalue weighted by Gasteiger charge is 2.31. The maximum atomic E-state index is 13.5. The topological polar surface area (TPSA) is 151 Å². The third kappa shape index (κ3) is 8.99. The number of nitrogens with two attached hydrogens (primary N) is 1. The molecule has 2 unspecified atom stereocenters. The largest absolute Gasteiger partial charge is 0.468 e. The van der Waals surface area contributed by atoms with Crippen LogP contribution in [0, 0.1) is 5.92 Å². The van der Waals surface area contributed by atoms with E-state index in [-0.39, 0.29) is 43.0 Å². The molecule has 11 heteroatoms. The van der Waals surface area contributed by atoms with Crippen molar-refractivity contribution in [2.75, 3.05) is 39.1 Å². The zero-order valence-electron chi connectivity index (χ0n) is 24.5. The molecular formula is C31H42N4O6S. The summed E-state index contributed by atoms with van der Waals surface area (Å²) >= 11 is 0. The molecule has 3 aromatic rings. The van der Waals surface area contributed by atoms with Crippen LogP contribution in [0.2, 0.25) is 0 Å². The summed E-state index contributed by atoms with van der Waals surface area (Å²) in [4.78, 5) is 25.2. The van der Waals surface area contributed by atoms with Gasteiger partial charge in [-0.1, -0.05) is 56.3 Å². The number of methoxy groups -OCH3 is 1. The first kappa shape index (κ1) is 33.0. The van der Waals surface area contributed by atoms with Crippen LogP contribution in [-0.2, 0) is 30.8 Å². The number of nitrogens with one attached hydrogen (secondary N) is 2. The van der Waals surface area contributed by atoms with Crippen LogP contribution >= 0.6 is 0 Å². The molecule has 0 saturated carbocycles. The number of esters is 1. The van der Waals surface area contributed by atoms with Crippen LogP contribution in [0.5, 0.6) is 0 Å². The molecule has 0 aliphatic rings. The van der Waals surface area contributed by atoms with Gasteiger partial charge in [0.2, 0.25) is 15.9 Å². The Morgan fingerprint density at radius 2 is 1.71 bits per heavy atom. The fourth-order valence-electron chi connectivity index (χ4n) is 4.80. The van der Waals surface area contributed by atoms with E-state index in [4.69, 9.17) is 10.5 Å². The van der Waals surface area contributed by atoms with Crippen molar-refractivity contribution in [1.29, 1.82) is 0 Å². The van der Waals surface area contributed by atoms with Gasteiger partial charge in [-0.3, -0.25) is 14.9 Å². The monoisotopic (exact) mass is 598 g/mol. The lowest BCUT2D eigenvalue weighted by atomic mass is 9.98. The molecule has 0 aromatic heterocycles. The van der Waals surface area contributed by atoms with Crippen molar-refractivity contribution in [3.63, 3.8) is 0 Å². The lowest BCUT2D eigenvalue weighted by molar-refractivity contribution is -0.139. The van der Waals surface area contributed by atoms with Gasteiger partial charge in [-0.2, -0.15) is 4.31 Å².